The van der Waals surface area contributed by atoms with Crippen LogP contribution >= 0.6 is 0 Å². The maximum absolute atomic E-state index is 13.3. The van der Waals surface area contributed by atoms with Gasteiger partial charge in [0.05, 0.1) is 17.1 Å². The van der Waals surface area contributed by atoms with E-state index in [0.29, 0.717) is 38.9 Å². The molecule has 2 aromatic carbocycles. The van der Waals surface area contributed by atoms with E-state index in [1.165, 1.54) is 0 Å². The largest absolute Gasteiger partial charge is 0.447 e. The van der Waals surface area contributed by atoms with E-state index in [9.17, 15) is 14.4 Å². The quantitative estimate of drug-likeness (QED) is 0.374. The highest BCUT2D eigenvalue weighted by atomic mass is 16.6. The predicted octanol–water partition coefficient (Wildman–Crippen LogP) is 5.96. The van der Waals surface area contributed by atoms with Gasteiger partial charge in [0.1, 0.15) is 12.2 Å². The number of rotatable bonds is 8. The minimum absolute atomic E-state index is 0.00919. The van der Waals surface area contributed by atoms with Crippen molar-refractivity contribution in [1.82, 2.24) is 19.4 Å². The number of aromatic amines is 1. The van der Waals surface area contributed by atoms with E-state index in [0.717, 1.165) is 16.6 Å². The number of amides is 2. The summed E-state index contributed by atoms with van der Waals surface area (Å²) in [5.74, 6) is 0.273. The molecule has 1 aliphatic rings. The Labute approximate surface area is 236 Å². The third-order valence-electron chi connectivity index (χ3n) is 7.12. The first-order valence-corrected chi connectivity index (χ1v) is 14.2. The second-order valence-electron chi connectivity index (χ2n) is 12.0. The zero-order valence-corrected chi connectivity index (χ0v) is 24.3. The fraction of sp³-hybridized carbons (Fsp3) is 0.516. The van der Waals surface area contributed by atoms with E-state index in [1.807, 2.05) is 75.4 Å². The molecule has 0 radical (unpaired) electrons. The minimum atomic E-state index is -0.651. The number of imidazole rings is 1. The first-order chi connectivity index (χ1) is 19.0. The molecule has 40 heavy (non-hydrogen) atoms. The lowest BCUT2D eigenvalue weighted by atomic mass is 10.0. The Hall–Kier alpha value is -3.75. The van der Waals surface area contributed by atoms with Crippen molar-refractivity contribution in [2.24, 2.45) is 5.92 Å². The van der Waals surface area contributed by atoms with Gasteiger partial charge in [-0.2, -0.15) is 0 Å². The molecular formula is C31H42N4O5. The molecule has 0 spiro atoms. The molecule has 1 aromatic heterocycles. The molecule has 1 aliphatic heterocycles. The van der Waals surface area contributed by atoms with Crippen LogP contribution in [-0.2, 0) is 16.0 Å². The number of nitrogens with one attached hydrogen (secondary N) is 1. The molecule has 4 rings (SSSR count). The zero-order valence-electron chi connectivity index (χ0n) is 24.3. The number of carbonyl (C=O) groups is 2. The molecular weight excluding hydrogens is 508 g/mol. The van der Waals surface area contributed by atoms with Crippen molar-refractivity contribution in [3.63, 3.8) is 0 Å². The third-order valence-corrected chi connectivity index (χ3v) is 7.12. The van der Waals surface area contributed by atoms with E-state index >= 15 is 0 Å². The van der Waals surface area contributed by atoms with Gasteiger partial charge in [0, 0.05) is 25.7 Å². The number of piperidine rings is 1. The molecule has 1 fully saturated rings. The van der Waals surface area contributed by atoms with Crippen LogP contribution in [0, 0.1) is 5.92 Å². The summed E-state index contributed by atoms with van der Waals surface area (Å²) in [4.78, 5) is 45.4. The lowest BCUT2D eigenvalue weighted by molar-refractivity contribution is -0.00131. The summed E-state index contributed by atoms with van der Waals surface area (Å²) in [7, 11) is 0. The summed E-state index contributed by atoms with van der Waals surface area (Å²) in [6.07, 6.45) is 1.14. The summed E-state index contributed by atoms with van der Waals surface area (Å²) in [6.45, 7) is 11.1. The number of likely N-dealkylation sites (tertiary alicyclic amines) is 1. The lowest BCUT2D eigenvalue weighted by Gasteiger charge is -2.35. The number of benzene rings is 2. The first-order valence-electron chi connectivity index (χ1n) is 14.2. The van der Waals surface area contributed by atoms with Gasteiger partial charge < -0.3 is 19.4 Å². The Morgan fingerprint density at radius 2 is 1.68 bits per heavy atom. The fourth-order valence-corrected chi connectivity index (χ4v) is 5.27. The van der Waals surface area contributed by atoms with Gasteiger partial charge >= 0.3 is 17.9 Å². The van der Waals surface area contributed by atoms with Crippen LogP contribution in [0.1, 0.15) is 65.5 Å². The number of H-pyrrole nitrogens is 1. The average molecular weight is 551 g/mol. The smallest absolute Gasteiger partial charge is 0.410 e. The highest BCUT2D eigenvalue weighted by molar-refractivity contribution is 5.75. The Kier molecular flexibility index (Phi) is 9.22. The zero-order chi connectivity index (χ0) is 28.9. The van der Waals surface area contributed by atoms with Gasteiger partial charge in [-0.25, -0.2) is 14.4 Å². The monoisotopic (exact) mass is 550 g/mol. The van der Waals surface area contributed by atoms with Crippen LogP contribution in [0.3, 0.4) is 0 Å². The van der Waals surface area contributed by atoms with Gasteiger partial charge in [-0.05, 0) is 63.6 Å². The fourth-order valence-electron chi connectivity index (χ4n) is 5.27. The third kappa shape index (κ3) is 7.46. The minimum Gasteiger partial charge on any atom is -0.447 e. The Bertz CT molecular complexity index is 1330. The van der Waals surface area contributed by atoms with Gasteiger partial charge in [-0.15, -0.1) is 0 Å². The average Bonchev–Trinajstić information content (AvgIpc) is 3.24. The van der Waals surface area contributed by atoms with Gasteiger partial charge in [0.25, 0.3) is 0 Å². The molecule has 2 heterocycles. The maximum atomic E-state index is 13.3. The molecule has 1 N–H and O–H groups in total. The number of para-hydroxylation sites is 2. The van der Waals surface area contributed by atoms with Crippen LogP contribution in [0.5, 0.6) is 0 Å². The normalized spacial score (nSPS) is 15.3. The van der Waals surface area contributed by atoms with Gasteiger partial charge in [0.15, 0.2) is 0 Å². The summed E-state index contributed by atoms with van der Waals surface area (Å²) in [5, 5.41) is 0. The molecule has 0 bridgehead atoms. The summed E-state index contributed by atoms with van der Waals surface area (Å²) >= 11 is 0. The van der Waals surface area contributed by atoms with Crippen LogP contribution in [0.15, 0.2) is 59.4 Å². The number of hydrogen-bond donors (Lipinski definition) is 1. The second kappa shape index (κ2) is 12.6. The standard InChI is InChI=1S/C31H42N4O5/c1-22(2)19-25(34(30(38)40-31(3,4)5)20-23-11-7-6-8-12-23)21-39-29(37)33-17-15-24(16-18-33)35-27-14-10-9-13-26(27)32-28(35)36/h6-14,22,24-25H,15-21H2,1-5H3,(H,32,36)/t25-/m1/s1. The summed E-state index contributed by atoms with van der Waals surface area (Å²) < 4.78 is 13.4. The van der Waals surface area contributed by atoms with E-state index in [2.05, 4.69) is 18.8 Å². The molecule has 0 aliphatic carbocycles. The SMILES string of the molecule is CC(C)C[C@H](COC(=O)N1CCC(n2c(=O)[nH]c3ccccc32)CC1)N(Cc1ccccc1)C(=O)OC(C)(C)C. The van der Waals surface area contributed by atoms with Crippen molar-refractivity contribution >= 4 is 23.2 Å². The molecule has 1 atom stereocenters. The predicted molar refractivity (Wildman–Crippen MR) is 155 cm³/mol. The molecule has 216 valence electrons. The van der Waals surface area contributed by atoms with Crippen LogP contribution in [0.4, 0.5) is 9.59 Å². The Morgan fingerprint density at radius 3 is 2.33 bits per heavy atom. The summed E-state index contributed by atoms with van der Waals surface area (Å²) in [5.41, 5.74) is 1.89. The molecule has 1 saturated heterocycles. The highest BCUT2D eigenvalue weighted by Gasteiger charge is 2.32. The van der Waals surface area contributed by atoms with Gasteiger partial charge in [0.2, 0.25) is 0 Å². The summed E-state index contributed by atoms with van der Waals surface area (Å²) in [6, 6.07) is 17.1. The molecule has 0 unspecified atom stereocenters. The van der Waals surface area contributed by atoms with Crippen LogP contribution < -0.4 is 5.69 Å². The number of carbonyl (C=O) groups excluding carboxylic acids is 2. The number of aromatic nitrogens is 2. The van der Waals surface area contributed by atoms with Gasteiger partial charge in [-0.1, -0.05) is 56.3 Å². The number of nitrogens with zero attached hydrogens (tertiary/aromatic N) is 3. The Balaban J connectivity index is 1.42. The van der Waals surface area contributed by atoms with Crippen LogP contribution in [-0.4, -0.2) is 62.9 Å². The van der Waals surface area contributed by atoms with Crippen molar-refractivity contribution < 1.29 is 19.1 Å². The van der Waals surface area contributed by atoms with E-state index in [-0.39, 0.29) is 30.3 Å². The highest BCUT2D eigenvalue weighted by Crippen LogP contribution is 2.26. The number of fused-ring (bicyclic) bond motifs is 1. The Morgan fingerprint density at radius 1 is 1.02 bits per heavy atom. The van der Waals surface area contributed by atoms with E-state index in [1.54, 1.807) is 14.4 Å². The van der Waals surface area contributed by atoms with Crippen LogP contribution in [0.25, 0.3) is 11.0 Å². The molecule has 0 saturated carbocycles. The lowest BCUT2D eigenvalue weighted by Crippen LogP contribution is -2.47. The van der Waals surface area contributed by atoms with Gasteiger partial charge in [-0.3, -0.25) is 9.47 Å². The number of hydrogen-bond acceptors (Lipinski definition) is 5. The molecule has 3 aromatic rings. The number of ether oxygens (including phenoxy) is 2. The molecule has 2 amide bonds. The van der Waals surface area contributed by atoms with Crippen molar-refractivity contribution in [2.45, 2.75) is 78.1 Å². The molecule has 9 heteroatoms. The van der Waals surface area contributed by atoms with Crippen LogP contribution in [0.2, 0.25) is 0 Å². The first kappa shape index (κ1) is 29.2. The van der Waals surface area contributed by atoms with Crippen molar-refractivity contribution in [3.8, 4) is 0 Å². The second-order valence-corrected chi connectivity index (χ2v) is 12.0. The molecule has 9 nitrogen and oxygen atoms in total. The van der Waals surface area contributed by atoms with Crippen molar-refractivity contribution in [3.05, 3.63) is 70.6 Å². The maximum Gasteiger partial charge on any atom is 0.410 e. The van der Waals surface area contributed by atoms with Crippen molar-refractivity contribution in [1.29, 1.82) is 0 Å². The van der Waals surface area contributed by atoms with E-state index in [4.69, 9.17) is 9.47 Å². The topological polar surface area (TPSA) is 96.9 Å². The van der Waals surface area contributed by atoms with Crippen molar-refractivity contribution in [2.75, 3.05) is 19.7 Å². The van der Waals surface area contributed by atoms with E-state index < -0.39 is 17.8 Å².